The van der Waals surface area contributed by atoms with Gasteiger partial charge >= 0.3 is 90.6 Å². The number of alkyl halides is 3. The number of hydrogen-bond donors (Lipinski definition) is 0. The van der Waals surface area contributed by atoms with Crippen molar-refractivity contribution in [1.29, 1.82) is 0 Å². The van der Waals surface area contributed by atoms with Crippen LogP contribution >= 0.6 is 0 Å². The molecule has 0 unspecified atom stereocenters. The van der Waals surface area contributed by atoms with Gasteiger partial charge in [-0.1, -0.05) is 0 Å². The summed E-state index contributed by atoms with van der Waals surface area (Å²) in [5, 5.41) is 0. The molecule has 8 heteroatoms. The minimum atomic E-state index is -5.47. The van der Waals surface area contributed by atoms with Gasteiger partial charge in [0.15, 0.2) is 0 Å². The summed E-state index contributed by atoms with van der Waals surface area (Å²) in [6.45, 7) is 0. The molecular weight excluding hydrogens is 300 g/mol. The quantitative estimate of drug-likeness (QED) is 0.613. The molecule has 84 valence electrons. The normalized spacial score (nSPS) is 12.7. The first-order valence-electron chi connectivity index (χ1n) is 3.55. The second kappa shape index (κ2) is 4.52. The van der Waals surface area contributed by atoms with E-state index in [-0.39, 0.29) is 0 Å². The van der Waals surface area contributed by atoms with Crippen LogP contribution in [0.25, 0.3) is 0 Å². The van der Waals surface area contributed by atoms with Crippen LogP contribution in [0, 0.1) is 0 Å². The summed E-state index contributed by atoms with van der Waals surface area (Å²) in [7, 11) is -5.47. The van der Waals surface area contributed by atoms with Crippen molar-refractivity contribution in [2.75, 3.05) is 0 Å². The molecule has 0 aliphatic carbocycles. The third-order valence-corrected chi connectivity index (χ3v) is 4.59. The van der Waals surface area contributed by atoms with Crippen LogP contribution in [-0.4, -0.2) is 29.2 Å². The maximum atomic E-state index is 11.8. The molecule has 0 radical (unpaired) electrons. The van der Waals surface area contributed by atoms with E-state index in [0.29, 0.717) is 4.46 Å². The predicted molar refractivity (Wildman–Crippen MR) is 47.9 cm³/mol. The summed E-state index contributed by atoms with van der Waals surface area (Å²) in [6, 6.07) is 7.82. The van der Waals surface area contributed by atoms with Gasteiger partial charge in [-0.2, -0.15) is 0 Å². The Bertz CT molecular complexity index is 415. The van der Waals surface area contributed by atoms with Crippen molar-refractivity contribution in [3.8, 4) is 0 Å². The van der Waals surface area contributed by atoms with Gasteiger partial charge in [-0.25, -0.2) is 0 Å². The molecule has 0 saturated heterocycles. The van der Waals surface area contributed by atoms with Crippen LogP contribution < -0.4 is 4.46 Å². The molecule has 0 bridgehead atoms. The Labute approximate surface area is 90.8 Å². The van der Waals surface area contributed by atoms with E-state index in [2.05, 4.69) is 3.27 Å². The Morgan fingerprint density at radius 1 is 1.13 bits per heavy atom. The van der Waals surface area contributed by atoms with E-state index in [1.54, 1.807) is 18.2 Å². The first kappa shape index (κ1) is 12.5. The van der Waals surface area contributed by atoms with E-state index in [9.17, 15) is 21.6 Å². The average Bonchev–Trinajstić information content (AvgIpc) is 2.15. The van der Waals surface area contributed by atoms with Crippen molar-refractivity contribution in [2.45, 2.75) is 5.51 Å². The predicted octanol–water partition coefficient (Wildman–Crippen LogP) is 0.797. The summed E-state index contributed by atoms with van der Waals surface area (Å²) in [4.78, 5) is 0. The second-order valence-corrected chi connectivity index (χ2v) is 6.07. The molecule has 0 heterocycles. The van der Waals surface area contributed by atoms with Crippen molar-refractivity contribution in [3.05, 3.63) is 30.3 Å². The Morgan fingerprint density at radius 2 is 1.67 bits per heavy atom. The molecule has 0 N–H and O–H groups in total. The molecule has 15 heavy (non-hydrogen) atoms. The summed E-state index contributed by atoms with van der Waals surface area (Å²) >= 11 is -1.20. The molecule has 1 aromatic rings. The van der Waals surface area contributed by atoms with Gasteiger partial charge in [0, 0.05) is 0 Å². The van der Waals surface area contributed by atoms with Crippen molar-refractivity contribution in [2.24, 2.45) is 0 Å². The molecule has 3 nitrogen and oxygen atoms in total. The number of rotatable bonds is 3. The van der Waals surface area contributed by atoms with Crippen LogP contribution in [0.3, 0.4) is 0 Å². The van der Waals surface area contributed by atoms with E-state index < -0.39 is 30.9 Å². The zero-order valence-electron chi connectivity index (χ0n) is 7.06. The number of hydrogen-bond acceptors (Lipinski definition) is 3. The summed E-state index contributed by atoms with van der Waals surface area (Å²) in [5.74, 6) is 0. The minimum absolute atomic E-state index is 0.415. The molecule has 0 aliphatic heterocycles. The number of benzene rings is 1. The van der Waals surface area contributed by atoms with Gasteiger partial charge in [-0.15, -0.1) is 0 Å². The van der Waals surface area contributed by atoms with Crippen molar-refractivity contribution in [3.63, 3.8) is 0 Å². The Balaban J connectivity index is 2.67. The molecule has 0 amide bonds. The zero-order valence-corrected chi connectivity index (χ0v) is 9.59. The van der Waals surface area contributed by atoms with E-state index in [1.807, 2.05) is 0 Å². The molecule has 0 fully saturated rings. The fraction of sp³-hybridized carbons (Fsp3) is 0.143. The monoisotopic (exact) mass is 306 g/mol. The van der Waals surface area contributed by atoms with Crippen LogP contribution in [0.15, 0.2) is 30.3 Å². The van der Waals surface area contributed by atoms with E-state index >= 15 is 0 Å². The van der Waals surface area contributed by atoms with Crippen LogP contribution in [0.5, 0.6) is 0 Å². The average molecular weight is 305 g/mol. The summed E-state index contributed by atoms with van der Waals surface area (Å²) < 4.78 is 60.8. The molecule has 1 rings (SSSR count). The molecular formula is C7H5F3O3SSe. The van der Waals surface area contributed by atoms with Gasteiger partial charge in [0.2, 0.25) is 0 Å². The van der Waals surface area contributed by atoms with Gasteiger partial charge < -0.3 is 0 Å². The van der Waals surface area contributed by atoms with Crippen LogP contribution in [0.4, 0.5) is 13.2 Å². The summed E-state index contributed by atoms with van der Waals surface area (Å²) in [6.07, 6.45) is 0. The van der Waals surface area contributed by atoms with Gasteiger partial charge in [0.05, 0.1) is 0 Å². The molecule has 0 aliphatic rings. The van der Waals surface area contributed by atoms with E-state index in [0.717, 1.165) is 0 Å². The first-order valence-corrected chi connectivity index (χ1v) is 6.52. The maximum absolute atomic E-state index is 11.8. The van der Waals surface area contributed by atoms with Crippen LogP contribution in [-0.2, 0) is 13.4 Å². The van der Waals surface area contributed by atoms with Gasteiger partial charge in [0.1, 0.15) is 0 Å². The molecule has 0 aromatic heterocycles. The Morgan fingerprint density at radius 3 is 2.13 bits per heavy atom. The zero-order chi connectivity index (χ0) is 11.5. The van der Waals surface area contributed by atoms with Gasteiger partial charge in [-0.3, -0.25) is 0 Å². The topological polar surface area (TPSA) is 43.4 Å². The van der Waals surface area contributed by atoms with Crippen LogP contribution in [0.1, 0.15) is 0 Å². The molecule has 0 spiro atoms. The van der Waals surface area contributed by atoms with Gasteiger partial charge in [0.25, 0.3) is 0 Å². The van der Waals surface area contributed by atoms with E-state index in [1.165, 1.54) is 12.1 Å². The van der Waals surface area contributed by atoms with Gasteiger partial charge in [-0.05, 0) is 0 Å². The SMILES string of the molecule is O=S(=O)(O[Se]c1ccccc1)C(F)(F)F. The van der Waals surface area contributed by atoms with E-state index in [4.69, 9.17) is 0 Å². The van der Waals surface area contributed by atoms with Crippen molar-refractivity contribution < 1.29 is 24.9 Å². The summed E-state index contributed by atoms with van der Waals surface area (Å²) in [5.41, 5.74) is -5.36. The Hall–Kier alpha value is -0.561. The number of halogens is 3. The second-order valence-electron chi connectivity index (χ2n) is 2.36. The molecule has 1 aromatic carbocycles. The standard InChI is InChI=1S/C7H5F3O3SSe/c8-7(9,10)14(11,12)13-15-6-4-2-1-3-5-6/h1-5H. The molecule has 0 saturated carbocycles. The van der Waals surface area contributed by atoms with Crippen LogP contribution in [0.2, 0.25) is 0 Å². The Kier molecular flexibility index (Phi) is 3.77. The first-order chi connectivity index (χ1) is 6.83. The van der Waals surface area contributed by atoms with Crippen molar-refractivity contribution >= 4 is 29.9 Å². The fourth-order valence-corrected chi connectivity index (χ4v) is 2.95. The molecule has 0 atom stereocenters. The third-order valence-electron chi connectivity index (χ3n) is 1.25. The fourth-order valence-electron chi connectivity index (χ4n) is 0.599. The third kappa shape index (κ3) is 3.49. The van der Waals surface area contributed by atoms with Crippen molar-refractivity contribution in [1.82, 2.24) is 0 Å².